The van der Waals surface area contributed by atoms with Crippen LogP contribution in [-0.4, -0.2) is 28.6 Å². The Hall–Kier alpha value is -4.08. The second-order valence-electron chi connectivity index (χ2n) is 7.36. The Labute approximate surface area is 188 Å². The highest BCUT2D eigenvalue weighted by Crippen LogP contribution is 2.37. The topological polar surface area (TPSA) is 102 Å². The zero-order valence-electron chi connectivity index (χ0n) is 17.6. The molecule has 0 aliphatic carbocycles. The summed E-state index contributed by atoms with van der Waals surface area (Å²) < 4.78 is 39.0. The maximum atomic E-state index is 14.7. The van der Waals surface area contributed by atoms with Crippen LogP contribution in [0.15, 0.2) is 48.9 Å². The molecule has 33 heavy (non-hydrogen) atoms. The highest BCUT2D eigenvalue weighted by Gasteiger charge is 2.31. The number of carbonyl (C=O) groups is 2. The molecule has 3 aromatic rings. The van der Waals surface area contributed by atoms with Crippen molar-refractivity contribution >= 4 is 17.7 Å². The number of hydrogen-bond acceptors (Lipinski definition) is 6. The SMILES string of the molecule is Cc1cc(NC(=O)c2ccc(F)c3c2OCC[C@@H]3NC(=O)OCc2cnccn2)ccc1F. The third-order valence-electron chi connectivity index (χ3n) is 5.06. The number of rotatable bonds is 5. The first kappa shape index (κ1) is 22.1. The number of carbonyl (C=O) groups excluding carboxylic acids is 2. The Morgan fingerprint density at radius 3 is 2.76 bits per heavy atom. The van der Waals surface area contributed by atoms with Gasteiger partial charge in [0.15, 0.2) is 0 Å². The summed E-state index contributed by atoms with van der Waals surface area (Å²) in [6, 6.07) is 5.83. The van der Waals surface area contributed by atoms with Gasteiger partial charge in [0.05, 0.1) is 35.7 Å². The quantitative estimate of drug-likeness (QED) is 0.603. The standard InChI is InChI=1S/C23H20F2N4O4/c1-13-10-14(2-4-17(13)24)28-22(30)16-3-5-18(25)20-19(6-9-32-21(16)20)29-23(31)33-12-15-11-26-7-8-27-15/h2-5,7-8,10-11,19H,6,9,12H2,1H3,(H,28,30)(H,29,31)/t19-/m0/s1. The van der Waals surface area contributed by atoms with Crippen LogP contribution in [-0.2, 0) is 11.3 Å². The molecule has 1 aromatic heterocycles. The van der Waals surface area contributed by atoms with Gasteiger partial charge in [-0.3, -0.25) is 14.8 Å². The molecule has 0 spiro atoms. The summed E-state index contributed by atoms with van der Waals surface area (Å²) in [6.07, 6.45) is 3.95. The fourth-order valence-electron chi connectivity index (χ4n) is 3.45. The van der Waals surface area contributed by atoms with Crippen LogP contribution in [0.5, 0.6) is 5.75 Å². The minimum atomic E-state index is -0.769. The molecule has 0 bridgehead atoms. The number of alkyl carbamates (subject to hydrolysis) is 1. The van der Waals surface area contributed by atoms with E-state index < -0.39 is 29.7 Å². The molecule has 4 rings (SSSR count). The fraction of sp³-hybridized carbons (Fsp3) is 0.217. The summed E-state index contributed by atoms with van der Waals surface area (Å²) in [6.45, 7) is 1.63. The highest BCUT2D eigenvalue weighted by molar-refractivity contribution is 6.06. The molecule has 0 saturated carbocycles. The van der Waals surface area contributed by atoms with Gasteiger partial charge in [-0.1, -0.05) is 0 Å². The number of nitrogens with zero attached hydrogens (tertiary/aromatic N) is 2. The van der Waals surface area contributed by atoms with Crippen LogP contribution in [0.4, 0.5) is 19.3 Å². The van der Waals surface area contributed by atoms with E-state index in [2.05, 4.69) is 20.6 Å². The first-order valence-electron chi connectivity index (χ1n) is 10.1. The molecule has 1 aliphatic heterocycles. The van der Waals surface area contributed by atoms with E-state index in [0.717, 1.165) is 6.07 Å². The lowest BCUT2D eigenvalue weighted by Crippen LogP contribution is -2.34. The molecule has 0 unspecified atom stereocenters. The maximum Gasteiger partial charge on any atom is 0.408 e. The number of halogens is 2. The van der Waals surface area contributed by atoms with Gasteiger partial charge in [-0.15, -0.1) is 0 Å². The Morgan fingerprint density at radius 2 is 2.00 bits per heavy atom. The Morgan fingerprint density at radius 1 is 1.18 bits per heavy atom. The molecule has 2 amide bonds. The molecule has 0 saturated heterocycles. The van der Waals surface area contributed by atoms with E-state index >= 15 is 0 Å². The molecule has 2 heterocycles. The minimum absolute atomic E-state index is 0.0387. The second kappa shape index (κ2) is 9.60. The van der Waals surface area contributed by atoms with Gasteiger partial charge in [-0.05, 0) is 42.8 Å². The van der Waals surface area contributed by atoms with E-state index in [-0.39, 0.29) is 36.5 Å². The lowest BCUT2D eigenvalue weighted by molar-refractivity contribution is 0.102. The van der Waals surface area contributed by atoms with Crippen LogP contribution < -0.4 is 15.4 Å². The summed E-state index contributed by atoms with van der Waals surface area (Å²) in [7, 11) is 0. The van der Waals surface area contributed by atoms with Crippen molar-refractivity contribution in [1.82, 2.24) is 15.3 Å². The third-order valence-corrected chi connectivity index (χ3v) is 5.06. The average molecular weight is 454 g/mol. The van der Waals surface area contributed by atoms with Gasteiger partial charge >= 0.3 is 6.09 Å². The van der Waals surface area contributed by atoms with Crippen molar-refractivity contribution < 1.29 is 27.8 Å². The number of ether oxygens (including phenoxy) is 2. The summed E-state index contributed by atoms with van der Waals surface area (Å²) >= 11 is 0. The molecule has 1 aliphatic rings. The van der Waals surface area contributed by atoms with Gasteiger partial charge in [-0.2, -0.15) is 0 Å². The molecule has 170 valence electrons. The highest BCUT2D eigenvalue weighted by atomic mass is 19.1. The molecule has 0 fully saturated rings. The van der Waals surface area contributed by atoms with E-state index in [1.165, 1.54) is 42.9 Å². The van der Waals surface area contributed by atoms with Crippen molar-refractivity contribution in [2.24, 2.45) is 0 Å². The van der Waals surface area contributed by atoms with E-state index in [4.69, 9.17) is 9.47 Å². The van der Waals surface area contributed by atoms with Crippen molar-refractivity contribution in [2.75, 3.05) is 11.9 Å². The number of anilines is 1. The summed E-state index contributed by atoms with van der Waals surface area (Å²) in [5.41, 5.74) is 1.36. The Balaban J connectivity index is 1.51. The second-order valence-corrected chi connectivity index (χ2v) is 7.36. The van der Waals surface area contributed by atoms with Crippen molar-refractivity contribution in [3.8, 4) is 5.75 Å². The van der Waals surface area contributed by atoms with Gasteiger partial charge in [-0.25, -0.2) is 13.6 Å². The summed E-state index contributed by atoms with van der Waals surface area (Å²) in [5, 5.41) is 5.27. The van der Waals surface area contributed by atoms with Gasteiger partial charge in [0.25, 0.3) is 5.91 Å². The molecule has 2 aromatic carbocycles. The van der Waals surface area contributed by atoms with Crippen LogP contribution in [0.1, 0.15) is 39.6 Å². The predicted octanol–water partition coefficient (Wildman–Crippen LogP) is 4.07. The van der Waals surface area contributed by atoms with Crippen molar-refractivity contribution in [3.63, 3.8) is 0 Å². The molecule has 1 atom stereocenters. The molecule has 10 heteroatoms. The average Bonchev–Trinajstić information content (AvgIpc) is 2.81. The van der Waals surface area contributed by atoms with Crippen molar-refractivity contribution in [1.29, 1.82) is 0 Å². The largest absolute Gasteiger partial charge is 0.492 e. The summed E-state index contributed by atoms with van der Waals surface area (Å²) in [5.74, 6) is -1.53. The molecular weight excluding hydrogens is 434 g/mol. The Bertz CT molecular complexity index is 1190. The first-order chi connectivity index (χ1) is 15.9. The normalized spacial score (nSPS) is 14.6. The molecular formula is C23H20F2N4O4. The van der Waals surface area contributed by atoms with Gasteiger partial charge in [0.1, 0.15) is 24.0 Å². The van der Waals surface area contributed by atoms with E-state index in [1.807, 2.05) is 0 Å². The number of fused-ring (bicyclic) bond motifs is 1. The lowest BCUT2D eigenvalue weighted by Gasteiger charge is -2.28. The Kier molecular flexibility index (Phi) is 6.43. The number of nitrogens with one attached hydrogen (secondary N) is 2. The number of amides is 2. The maximum absolute atomic E-state index is 14.7. The lowest BCUT2D eigenvalue weighted by atomic mass is 9.96. The zero-order chi connectivity index (χ0) is 23.4. The summed E-state index contributed by atoms with van der Waals surface area (Å²) in [4.78, 5) is 33.0. The zero-order valence-corrected chi connectivity index (χ0v) is 17.6. The van der Waals surface area contributed by atoms with Gasteiger partial charge < -0.3 is 20.1 Å². The van der Waals surface area contributed by atoms with E-state index in [9.17, 15) is 18.4 Å². The van der Waals surface area contributed by atoms with Crippen LogP contribution >= 0.6 is 0 Å². The van der Waals surface area contributed by atoms with Crippen LogP contribution in [0.3, 0.4) is 0 Å². The van der Waals surface area contributed by atoms with Crippen molar-refractivity contribution in [3.05, 3.63) is 82.9 Å². The fourth-order valence-corrected chi connectivity index (χ4v) is 3.45. The minimum Gasteiger partial charge on any atom is -0.492 e. The van der Waals surface area contributed by atoms with E-state index in [0.29, 0.717) is 16.9 Å². The molecule has 2 N–H and O–H groups in total. The monoisotopic (exact) mass is 454 g/mol. The predicted molar refractivity (Wildman–Crippen MR) is 114 cm³/mol. The molecule has 0 radical (unpaired) electrons. The van der Waals surface area contributed by atoms with Gasteiger partial charge in [0, 0.05) is 24.5 Å². The third kappa shape index (κ3) is 5.05. The van der Waals surface area contributed by atoms with Crippen molar-refractivity contribution in [2.45, 2.75) is 26.0 Å². The number of aromatic nitrogens is 2. The first-order valence-corrected chi connectivity index (χ1v) is 10.1. The number of benzene rings is 2. The van der Waals surface area contributed by atoms with Crippen LogP contribution in [0, 0.1) is 18.6 Å². The smallest absolute Gasteiger partial charge is 0.408 e. The number of hydrogen-bond donors (Lipinski definition) is 2. The van der Waals surface area contributed by atoms with Crippen LogP contribution in [0.25, 0.3) is 0 Å². The van der Waals surface area contributed by atoms with Crippen LogP contribution in [0.2, 0.25) is 0 Å². The van der Waals surface area contributed by atoms with Gasteiger partial charge in [0.2, 0.25) is 0 Å². The molecule has 8 nitrogen and oxygen atoms in total. The number of aryl methyl sites for hydroxylation is 1. The van der Waals surface area contributed by atoms with E-state index in [1.54, 1.807) is 6.92 Å².